The molecule has 0 saturated carbocycles. The van der Waals surface area contributed by atoms with Crippen molar-refractivity contribution in [1.29, 1.82) is 0 Å². The van der Waals surface area contributed by atoms with Crippen molar-refractivity contribution in [1.82, 2.24) is 9.55 Å². The molecule has 0 bridgehead atoms. The van der Waals surface area contributed by atoms with Crippen LogP contribution >= 0.6 is 11.6 Å². The lowest BCUT2D eigenvalue weighted by Gasteiger charge is -2.11. The molecule has 1 aromatic carbocycles. The van der Waals surface area contributed by atoms with E-state index < -0.39 is 11.6 Å². The minimum absolute atomic E-state index is 0.177. The second-order valence-corrected chi connectivity index (χ2v) is 5.33. The predicted molar refractivity (Wildman–Crippen MR) is 72.7 cm³/mol. The molecule has 0 spiro atoms. The van der Waals surface area contributed by atoms with Crippen molar-refractivity contribution in [2.24, 2.45) is 5.92 Å². The molecule has 1 aliphatic rings. The first kappa shape index (κ1) is 13.8. The summed E-state index contributed by atoms with van der Waals surface area (Å²) in [5.41, 5.74) is 0.654. The Bertz CT molecular complexity index is 623. The monoisotopic (exact) mass is 300 g/mol. The summed E-state index contributed by atoms with van der Waals surface area (Å²) in [5, 5.41) is 0. The van der Waals surface area contributed by atoms with Crippen molar-refractivity contribution in [3.05, 3.63) is 29.6 Å². The van der Waals surface area contributed by atoms with Crippen LogP contribution < -0.4 is 0 Å². The molecule has 3 nitrogen and oxygen atoms in total. The molecule has 1 aliphatic heterocycles. The maximum absolute atomic E-state index is 14.0. The third-order valence-corrected chi connectivity index (χ3v) is 4.02. The molecule has 3 rings (SSSR count). The number of hydrogen-bond acceptors (Lipinski definition) is 2. The zero-order valence-corrected chi connectivity index (χ0v) is 11.7. The number of ether oxygens (including phenoxy) is 1. The largest absolute Gasteiger partial charge is 0.381 e. The van der Waals surface area contributed by atoms with E-state index in [-0.39, 0.29) is 11.4 Å². The molecule has 2 heterocycles. The van der Waals surface area contributed by atoms with Crippen LogP contribution in [0.25, 0.3) is 11.0 Å². The summed E-state index contributed by atoms with van der Waals surface area (Å²) in [6.07, 6.45) is 1.87. The number of benzene rings is 1. The maximum atomic E-state index is 14.0. The summed E-state index contributed by atoms with van der Waals surface area (Å²) < 4.78 is 34.4. The third kappa shape index (κ3) is 2.40. The average Bonchev–Trinajstić information content (AvgIpc) is 3.07. The van der Waals surface area contributed by atoms with Gasteiger partial charge in [-0.1, -0.05) is 0 Å². The van der Waals surface area contributed by atoms with E-state index in [0.717, 1.165) is 32.1 Å². The highest BCUT2D eigenvalue weighted by Gasteiger charge is 2.20. The van der Waals surface area contributed by atoms with Crippen molar-refractivity contribution in [3.63, 3.8) is 0 Å². The molecule has 0 radical (unpaired) electrons. The van der Waals surface area contributed by atoms with Gasteiger partial charge in [-0.05, 0) is 30.9 Å². The molecule has 2 aromatic rings. The fourth-order valence-corrected chi connectivity index (χ4v) is 2.87. The Morgan fingerprint density at radius 1 is 1.40 bits per heavy atom. The van der Waals surface area contributed by atoms with E-state index in [2.05, 4.69) is 4.98 Å². The van der Waals surface area contributed by atoms with Crippen LogP contribution in [0.3, 0.4) is 0 Å². The van der Waals surface area contributed by atoms with Crippen LogP contribution in [-0.4, -0.2) is 22.8 Å². The molecule has 1 saturated heterocycles. The van der Waals surface area contributed by atoms with E-state index in [9.17, 15) is 8.78 Å². The summed E-state index contributed by atoms with van der Waals surface area (Å²) in [6, 6.07) is 2.58. The van der Waals surface area contributed by atoms with E-state index in [1.165, 1.54) is 6.07 Å². The van der Waals surface area contributed by atoms with Gasteiger partial charge >= 0.3 is 0 Å². The van der Waals surface area contributed by atoms with Crippen molar-refractivity contribution in [3.8, 4) is 0 Å². The lowest BCUT2D eigenvalue weighted by Crippen LogP contribution is -2.09. The van der Waals surface area contributed by atoms with Crippen molar-refractivity contribution < 1.29 is 13.5 Å². The van der Waals surface area contributed by atoms with E-state index >= 15 is 0 Å². The molecule has 6 heteroatoms. The summed E-state index contributed by atoms with van der Waals surface area (Å²) in [5.74, 6) is -0.493. The number of rotatable bonds is 4. The molecule has 0 aliphatic carbocycles. The number of fused-ring (bicyclic) bond motifs is 1. The van der Waals surface area contributed by atoms with Gasteiger partial charge in [-0.3, -0.25) is 0 Å². The molecule has 20 heavy (non-hydrogen) atoms. The quantitative estimate of drug-likeness (QED) is 0.808. The van der Waals surface area contributed by atoms with Gasteiger partial charge in [-0.25, -0.2) is 13.8 Å². The molecule has 1 unspecified atom stereocenters. The van der Waals surface area contributed by atoms with Gasteiger partial charge in [0.15, 0.2) is 11.6 Å². The van der Waals surface area contributed by atoms with Crippen LogP contribution in [-0.2, 0) is 17.2 Å². The maximum Gasteiger partial charge on any atom is 0.184 e. The van der Waals surface area contributed by atoms with Gasteiger partial charge in [-0.2, -0.15) is 0 Å². The first-order chi connectivity index (χ1) is 9.70. The number of alkyl halides is 1. The molecular weight excluding hydrogens is 286 g/mol. The number of aromatic nitrogens is 2. The summed E-state index contributed by atoms with van der Waals surface area (Å²) in [7, 11) is 0. The van der Waals surface area contributed by atoms with Crippen LogP contribution in [0, 0.1) is 17.6 Å². The molecular formula is C14H15ClF2N2O. The van der Waals surface area contributed by atoms with Crippen LogP contribution in [0.5, 0.6) is 0 Å². The molecule has 1 atom stereocenters. The third-order valence-electron chi connectivity index (χ3n) is 3.78. The van der Waals surface area contributed by atoms with E-state index in [1.807, 2.05) is 0 Å². The number of imidazole rings is 1. The van der Waals surface area contributed by atoms with E-state index in [1.54, 1.807) is 4.57 Å². The average molecular weight is 301 g/mol. The predicted octanol–water partition coefficient (Wildman–Crippen LogP) is 3.48. The fraction of sp³-hybridized carbons (Fsp3) is 0.500. The first-order valence-electron chi connectivity index (χ1n) is 6.67. The summed E-state index contributed by atoms with van der Waals surface area (Å²) >= 11 is 5.87. The highest BCUT2D eigenvalue weighted by Crippen LogP contribution is 2.25. The summed E-state index contributed by atoms with van der Waals surface area (Å²) in [6.45, 7) is 2.09. The SMILES string of the molecule is Fc1ccc2nc(CCl)n(CCC3CCOC3)c2c1F. The van der Waals surface area contributed by atoms with Crippen molar-refractivity contribution in [2.45, 2.75) is 25.3 Å². The van der Waals surface area contributed by atoms with Crippen molar-refractivity contribution in [2.75, 3.05) is 13.2 Å². The number of aryl methyl sites for hydroxylation is 1. The smallest absolute Gasteiger partial charge is 0.184 e. The van der Waals surface area contributed by atoms with Gasteiger partial charge in [0, 0.05) is 19.8 Å². The van der Waals surface area contributed by atoms with Gasteiger partial charge in [0.05, 0.1) is 11.4 Å². The molecule has 1 aromatic heterocycles. The lowest BCUT2D eigenvalue weighted by molar-refractivity contribution is 0.183. The van der Waals surface area contributed by atoms with Gasteiger partial charge < -0.3 is 9.30 Å². The Balaban J connectivity index is 1.96. The summed E-state index contributed by atoms with van der Waals surface area (Å²) in [4.78, 5) is 4.27. The number of nitrogens with zero attached hydrogens (tertiary/aromatic N) is 2. The molecule has 108 valence electrons. The van der Waals surface area contributed by atoms with Gasteiger partial charge in [0.25, 0.3) is 0 Å². The number of hydrogen-bond donors (Lipinski definition) is 0. The standard InChI is InChI=1S/C14H15ClF2N2O/c15-7-12-18-11-2-1-10(16)13(17)14(11)19(12)5-3-9-4-6-20-8-9/h1-2,9H,3-8H2. The van der Waals surface area contributed by atoms with Crippen LogP contribution in [0.15, 0.2) is 12.1 Å². The van der Waals surface area contributed by atoms with Gasteiger partial charge in [-0.15, -0.1) is 11.6 Å². The second kappa shape index (κ2) is 5.66. The Hall–Kier alpha value is -1.20. The van der Waals surface area contributed by atoms with E-state index in [0.29, 0.717) is 23.8 Å². The molecule has 1 fully saturated rings. The topological polar surface area (TPSA) is 27.1 Å². The van der Waals surface area contributed by atoms with Gasteiger partial charge in [0.2, 0.25) is 0 Å². The van der Waals surface area contributed by atoms with Crippen LogP contribution in [0.1, 0.15) is 18.7 Å². The molecule has 0 N–H and O–H groups in total. The first-order valence-corrected chi connectivity index (χ1v) is 7.21. The highest BCUT2D eigenvalue weighted by atomic mass is 35.5. The minimum Gasteiger partial charge on any atom is -0.381 e. The van der Waals surface area contributed by atoms with Gasteiger partial charge in [0.1, 0.15) is 11.3 Å². The highest BCUT2D eigenvalue weighted by molar-refractivity contribution is 6.16. The zero-order chi connectivity index (χ0) is 14.1. The van der Waals surface area contributed by atoms with Crippen LogP contribution in [0.4, 0.5) is 8.78 Å². The Labute approximate surface area is 120 Å². The van der Waals surface area contributed by atoms with Crippen molar-refractivity contribution >= 4 is 22.6 Å². The molecule has 0 amide bonds. The minimum atomic E-state index is -0.857. The lowest BCUT2D eigenvalue weighted by atomic mass is 10.1. The van der Waals surface area contributed by atoms with Crippen LogP contribution in [0.2, 0.25) is 0 Å². The fourth-order valence-electron chi connectivity index (χ4n) is 2.67. The Morgan fingerprint density at radius 2 is 2.25 bits per heavy atom. The normalized spacial score (nSPS) is 19.1. The number of halogens is 3. The Morgan fingerprint density at radius 3 is 2.95 bits per heavy atom. The Kier molecular flexibility index (Phi) is 3.89. The van der Waals surface area contributed by atoms with E-state index in [4.69, 9.17) is 16.3 Å². The second-order valence-electron chi connectivity index (χ2n) is 5.06. The zero-order valence-electron chi connectivity index (χ0n) is 10.9.